The zero-order valence-corrected chi connectivity index (χ0v) is 13.6. The average molecular weight is 320 g/mol. The molecule has 2 heterocycles. The molecular weight excluding hydrogens is 295 g/mol. The van der Waals surface area contributed by atoms with Crippen molar-refractivity contribution in [1.82, 2.24) is 4.90 Å². The van der Waals surface area contributed by atoms with Crippen LogP contribution in [0.2, 0.25) is 0 Å². The molecule has 3 rings (SSSR count). The van der Waals surface area contributed by atoms with E-state index in [0.29, 0.717) is 12.2 Å². The number of benzene rings is 1. The fraction of sp³-hybridized carbons (Fsp3) is 0.611. The van der Waals surface area contributed by atoms with Gasteiger partial charge in [0.1, 0.15) is 5.82 Å². The standard InChI is InChI=1S/C18H25FN2O2/c1-13(22)14-5-3-9-20(12-14)17-8-4-10-21(18(17)23)16-7-2-6-15(19)11-16/h2,6-7,11,13-14,17,22H,3-5,8-10,12H2,1H3. The van der Waals surface area contributed by atoms with Crippen LogP contribution in [0.3, 0.4) is 0 Å². The maximum Gasteiger partial charge on any atom is 0.244 e. The lowest BCUT2D eigenvalue weighted by atomic mass is 9.90. The second-order valence-corrected chi connectivity index (χ2v) is 6.77. The number of likely N-dealkylation sites (tertiary alicyclic amines) is 1. The van der Waals surface area contributed by atoms with E-state index in [2.05, 4.69) is 4.90 Å². The Kier molecular flexibility index (Phi) is 4.97. The van der Waals surface area contributed by atoms with Crippen molar-refractivity contribution >= 4 is 11.6 Å². The highest BCUT2D eigenvalue weighted by Crippen LogP contribution is 2.28. The molecule has 2 aliphatic heterocycles. The van der Waals surface area contributed by atoms with E-state index in [1.165, 1.54) is 12.1 Å². The van der Waals surface area contributed by atoms with E-state index in [9.17, 15) is 14.3 Å². The summed E-state index contributed by atoms with van der Waals surface area (Å²) in [6.07, 6.45) is 3.46. The minimum Gasteiger partial charge on any atom is -0.393 e. The number of aliphatic hydroxyl groups is 1. The van der Waals surface area contributed by atoms with E-state index in [0.717, 1.165) is 38.8 Å². The number of halogens is 1. The molecule has 23 heavy (non-hydrogen) atoms. The summed E-state index contributed by atoms with van der Waals surface area (Å²) in [6, 6.07) is 6.11. The van der Waals surface area contributed by atoms with E-state index in [-0.39, 0.29) is 29.8 Å². The number of aliphatic hydroxyl groups excluding tert-OH is 1. The zero-order valence-electron chi connectivity index (χ0n) is 13.6. The van der Waals surface area contributed by atoms with Crippen LogP contribution < -0.4 is 4.90 Å². The van der Waals surface area contributed by atoms with Gasteiger partial charge in [0, 0.05) is 18.8 Å². The highest BCUT2D eigenvalue weighted by atomic mass is 19.1. The quantitative estimate of drug-likeness (QED) is 0.930. The van der Waals surface area contributed by atoms with E-state index < -0.39 is 0 Å². The molecule has 1 aromatic rings. The first-order valence-corrected chi connectivity index (χ1v) is 8.55. The largest absolute Gasteiger partial charge is 0.393 e. The van der Waals surface area contributed by atoms with Gasteiger partial charge in [0.25, 0.3) is 0 Å². The van der Waals surface area contributed by atoms with E-state index in [1.54, 1.807) is 17.0 Å². The summed E-state index contributed by atoms with van der Waals surface area (Å²) in [5, 5.41) is 9.86. The Labute approximate surface area is 136 Å². The minimum atomic E-state index is -0.337. The van der Waals surface area contributed by atoms with Crippen molar-refractivity contribution in [3.63, 3.8) is 0 Å². The molecule has 2 saturated heterocycles. The number of amides is 1. The van der Waals surface area contributed by atoms with Crippen LogP contribution in [-0.4, -0.2) is 47.7 Å². The minimum absolute atomic E-state index is 0.0630. The lowest BCUT2D eigenvalue weighted by Gasteiger charge is -2.42. The first-order chi connectivity index (χ1) is 11.1. The van der Waals surface area contributed by atoms with E-state index in [4.69, 9.17) is 0 Å². The Bertz CT molecular complexity index is 564. The molecule has 0 radical (unpaired) electrons. The summed E-state index contributed by atoms with van der Waals surface area (Å²) >= 11 is 0. The fourth-order valence-electron chi connectivity index (χ4n) is 3.81. The van der Waals surface area contributed by atoms with Gasteiger partial charge in [-0.1, -0.05) is 6.07 Å². The van der Waals surface area contributed by atoms with Gasteiger partial charge in [-0.3, -0.25) is 9.69 Å². The molecule has 0 spiro atoms. The first kappa shape index (κ1) is 16.4. The third-order valence-corrected chi connectivity index (χ3v) is 5.14. The molecule has 3 unspecified atom stereocenters. The topological polar surface area (TPSA) is 43.8 Å². The predicted octanol–water partition coefficient (Wildman–Crippen LogP) is 2.41. The molecule has 1 N–H and O–H groups in total. The predicted molar refractivity (Wildman–Crippen MR) is 87.8 cm³/mol. The Morgan fingerprint density at radius 2 is 2.04 bits per heavy atom. The number of carbonyl (C=O) groups is 1. The molecule has 3 atom stereocenters. The summed E-state index contributed by atoms with van der Waals surface area (Å²) in [5.41, 5.74) is 0.642. The molecule has 0 saturated carbocycles. The number of piperidine rings is 2. The molecule has 1 aromatic carbocycles. The zero-order chi connectivity index (χ0) is 16.4. The summed E-state index contributed by atoms with van der Waals surface area (Å²) in [5.74, 6) is -0.0150. The molecule has 5 heteroatoms. The molecule has 1 amide bonds. The molecule has 2 aliphatic rings. The third-order valence-electron chi connectivity index (χ3n) is 5.14. The van der Waals surface area contributed by atoms with Crippen LogP contribution in [-0.2, 0) is 4.79 Å². The van der Waals surface area contributed by atoms with Gasteiger partial charge in [-0.15, -0.1) is 0 Å². The maximum absolute atomic E-state index is 13.5. The van der Waals surface area contributed by atoms with Gasteiger partial charge in [0.05, 0.1) is 12.1 Å². The van der Waals surface area contributed by atoms with Crippen LogP contribution in [0.4, 0.5) is 10.1 Å². The highest BCUT2D eigenvalue weighted by molar-refractivity contribution is 5.97. The smallest absolute Gasteiger partial charge is 0.244 e. The second-order valence-electron chi connectivity index (χ2n) is 6.77. The van der Waals surface area contributed by atoms with Crippen molar-refractivity contribution in [3.05, 3.63) is 30.1 Å². The molecule has 2 fully saturated rings. The SMILES string of the molecule is CC(O)C1CCCN(C2CCCN(c3cccc(F)c3)C2=O)C1. The Morgan fingerprint density at radius 3 is 2.78 bits per heavy atom. The van der Waals surface area contributed by atoms with Crippen molar-refractivity contribution in [1.29, 1.82) is 0 Å². The number of hydrogen-bond acceptors (Lipinski definition) is 3. The van der Waals surface area contributed by atoms with Crippen LogP contribution >= 0.6 is 0 Å². The van der Waals surface area contributed by atoms with Crippen molar-refractivity contribution in [2.75, 3.05) is 24.5 Å². The van der Waals surface area contributed by atoms with Gasteiger partial charge in [-0.25, -0.2) is 4.39 Å². The summed E-state index contributed by atoms with van der Waals surface area (Å²) < 4.78 is 13.5. The number of hydrogen-bond donors (Lipinski definition) is 1. The molecule has 4 nitrogen and oxygen atoms in total. The van der Waals surface area contributed by atoms with Gasteiger partial charge in [0.15, 0.2) is 0 Å². The van der Waals surface area contributed by atoms with Crippen molar-refractivity contribution in [2.24, 2.45) is 5.92 Å². The summed E-state index contributed by atoms with van der Waals surface area (Å²) in [6.45, 7) is 4.14. The monoisotopic (exact) mass is 320 g/mol. The van der Waals surface area contributed by atoms with E-state index in [1.807, 2.05) is 6.92 Å². The summed E-state index contributed by atoms with van der Waals surface area (Å²) in [7, 11) is 0. The molecule has 0 aromatic heterocycles. The van der Waals surface area contributed by atoms with Gasteiger partial charge in [-0.05, 0) is 63.3 Å². The fourth-order valence-corrected chi connectivity index (χ4v) is 3.81. The van der Waals surface area contributed by atoms with Gasteiger partial charge < -0.3 is 10.0 Å². The van der Waals surface area contributed by atoms with Crippen molar-refractivity contribution < 1.29 is 14.3 Å². The molecule has 0 aliphatic carbocycles. The van der Waals surface area contributed by atoms with Crippen LogP contribution in [0.25, 0.3) is 0 Å². The van der Waals surface area contributed by atoms with Crippen LogP contribution in [0.15, 0.2) is 24.3 Å². The third kappa shape index (κ3) is 3.56. The number of anilines is 1. The number of carbonyl (C=O) groups excluding carboxylic acids is 1. The maximum atomic E-state index is 13.5. The number of rotatable bonds is 3. The Morgan fingerprint density at radius 1 is 1.26 bits per heavy atom. The van der Waals surface area contributed by atoms with Gasteiger partial charge in [-0.2, -0.15) is 0 Å². The molecular formula is C18H25FN2O2. The van der Waals surface area contributed by atoms with E-state index >= 15 is 0 Å². The van der Waals surface area contributed by atoms with Crippen molar-refractivity contribution in [3.8, 4) is 0 Å². The van der Waals surface area contributed by atoms with Crippen LogP contribution in [0, 0.1) is 11.7 Å². The Hall–Kier alpha value is -1.46. The summed E-state index contributed by atoms with van der Waals surface area (Å²) in [4.78, 5) is 16.8. The molecule has 126 valence electrons. The lowest BCUT2D eigenvalue weighted by Crippen LogP contribution is -2.55. The second kappa shape index (κ2) is 6.97. The highest BCUT2D eigenvalue weighted by Gasteiger charge is 2.36. The average Bonchev–Trinajstić information content (AvgIpc) is 2.55. The lowest BCUT2D eigenvalue weighted by molar-refractivity contribution is -0.126. The molecule has 0 bridgehead atoms. The van der Waals surface area contributed by atoms with Crippen LogP contribution in [0.5, 0.6) is 0 Å². The van der Waals surface area contributed by atoms with Gasteiger partial charge in [0.2, 0.25) is 5.91 Å². The Balaban J connectivity index is 1.74. The number of nitrogens with zero attached hydrogens (tertiary/aromatic N) is 2. The van der Waals surface area contributed by atoms with Gasteiger partial charge >= 0.3 is 0 Å². The van der Waals surface area contributed by atoms with Crippen molar-refractivity contribution in [2.45, 2.75) is 44.8 Å². The normalized spacial score (nSPS) is 28.0. The first-order valence-electron chi connectivity index (χ1n) is 8.55. The van der Waals surface area contributed by atoms with Crippen LogP contribution in [0.1, 0.15) is 32.6 Å².